The van der Waals surface area contributed by atoms with E-state index in [0.717, 1.165) is 82.2 Å². The van der Waals surface area contributed by atoms with Crippen molar-refractivity contribution >= 4 is 101 Å². The summed E-state index contributed by atoms with van der Waals surface area (Å²) in [4.78, 5) is 29.3. The molecule has 6 aromatic carbocycles. The van der Waals surface area contributed by atoms with Crippen LogP contribution in [0.25, 0.3) is 15.8 Å². The van der Waals surface area contributed by atoms with Crippen molar-refractivity contribution in [3.05, 3.63) is 166 Å². The second-order valence-corrected chi connectivity index (χ2v) is 23.3. The van der Waals surface area contributed by atoms with Crippen molar-refractivity contribution < 1.29 is 87.2 Å². The zero-order valence-corrected chi connectivity index (χ0v) is 39.7. The molecule has 0 unspecified atom stereocenters. The SMILES string of the molecule is COC(=O)c1cc(F)ccc1S.Nc1cccc(S(F)(F)(F)(F)F)c1.O=C(Nc1cccc(S(F)(F)(F)(F)F)c1)c1cc(F)ccc1S.O=c1c2cc(F)ccc2sn1-c1cccc(S(F)(F)(F)(F)F)c1.[HH]. The minimum Gasteiger partial charge on any atom is -0.465 e. The number of benzene rings is 6. The number of fused-ring (bicyclic) bond motifs is 1. The van der Waals surface area contributed by atoms with E-state index in [0.29, 0.717) is 15.7 Å². The van der Waals surface area contributed by atoms with Crippen LogP contribution in [-0.4, -0.2) is 22.9 Å². The average Bonchev–Trinajstić information content (AvgIpc) is 3.55. The van der Waals surface area contributed by atoms with Crippen LogP contribution >= 0.6 is 67.5 Å². The van der Waals surface area contributed by atoms with Crippen LogP contribution in [0.15, 0.2) is 157 Å². The molecule has 7 rings (SSSR count). The molecule has 0 aliphatic rings. The summed E-state index contributed by atoms with van der Waals surface area (Å²) in [5.74, 6) is -3.48. The topological polar surface area (TPSA) is 103 Å². The summed E-state index contributed by atoms with van der Waals surface area (Å²) in [6.07, 6.45) is 0. The maximum atomic E-state index is 13.2. The lowest BCUT2D eigenvalue weighted by molar-refractivity contribution is 0.0595. The molecule has 0 radical (unpaired) electrons. The van der Waals surface area contributed by atoms with Gasteiger partial charge in [-0.15, -0.1) is 25.3 Å². The number of nitrogens with one attached hydrogen (secondary N) is 1. The molecule has 0 atom stereocenters. The Kier molecular flexibility index (Phi) is 14.5. The van der Waals surface area contributed by atoms with Gasteiger partial charge in [0.1, 0.15) is 32.1 Å². The molecule has 0 spiro atoms. The first kappa shape index (κ1) is 57.8. The average molecular weight is 1150 g/mol. The summed E-state index contributed by atoms with van der Waals surface area (Å²) in [5, 5.41) is 1.97. The number of amides is 1. The molecule has 1 heterocycles. The van der Waals surface area contributed by atoms with Gasteiger partial charge in [-0.05, 0) is 109 Å². The Balaban J connectivity index is 0.000000263. The maximum absolute atomic E-state index is 13.2. The number of anilines is 2. The zero-order valence-electron chi connectivity index (χ0n) is 34.6. The Bertz CT molecular complexity index is 3280. The molecule has 7 nitrogen and oxygen atoms in total. The van der Waals surface area contributed by atoms with Crippen LogP contribution in [0.4, 0.5) is 82.8 Å². The Morgan fingerprint density at radius 2 is 1.01 bits per heavy atom. The second-order valence-electron chi connectivity index (χ2n) is 14.1. The van der Waals surface area contributed by atoms with Gasteiger partial charge in [-0.3, -0.25) is 9.59 Å². The number of thiol groups is 2. The van der Waals surface area contributed by atoms with Crippen molar-refractivity contribution in [2.24, 2.45) is 0 Å². The van der Waals surface area contributed by atoms with Crippen LogP contribution in [0.1, 0.15) is 22.1 Å². The van der Waals surface area contributed by atoms with E-state index < -0.39 is 85.9 Å². The molecule has 1 amide bonds. The normalized spacial score (nSPS) is 14.6. The number of methoxy groups -OCH3 is 1. The number of aromatic nitrogens is 1. The summed E-state index contributed by atoms with van der Waals surface area (Å²) in [5.41, 5.74) is 2.88. The molecule has 0 fully saturated rings. The molecule has 0 saturated carbocycles. The van der Waals surface area contributed by atoms with Crippen molar-refractivity contribution in [1.29, 1.82) is 0 Å². The number of nitrogen functional groups attached to an aromatic ring is 1. The highest BCUT2D eigenvalue weighted by molar-refractivity contribution is 8.46. The first-order valence-corrected chi connectivity index (χ1v) is 25.7. The van der Waals surface area contributed by atoms with Gasteiger partial charge in [0.25, 0.3) is 11.5 Å². The van der Waals surface area contributed by atoms with Crippen LogP contribution < -0.4 is 16.6 Å². The van der Waals surface area contributed by atoms with Crippen LogP contribution in [0.3, 0.4) is 0 Å². The van der Waals surface area contributed by atoms with E-state index in [-0.39, 0.29) is 64.5 Å². The van der Waals surface area contributed by atoms with Gasteiger partial charge in [0.05, 0.1) is 34.0 Å². The number of hydrogen-bond acceptors (Lipinski definition) is 8. The van der Waals surface area contributed by atoms with Crippen molar-refractivity contribution in [3.63, 3.8) is 0 Å². The predicted octanol–water partition coefficient (Wildman–Crippen LogP) is 17.9. The van der Waals surface area contributed by atoms with Gasteiger partial charge in [-0.1, -0.05) is 88.0 Å². The molecule has 31 heteroatoms. The summed E-state index contributed by atoms with van der Waals surface area (Å²) in [6, 6.07) is 17.0. The summed E-state index contributed by atoms with van der Waals surface area (Å²) >= 11 is 8.63. The first-order chi connectivity index (χ1) is 31.7. The third-order valence-electron chi connectivity index (χ3n) is 8.45. The first-order valence-electron chi connectivity index (χ1n) is 18.2. The molecule has 7 aromatic rings. The standard InChI is InChI=1S/C13H7F6NOS2.C13H9F6NOS2.C8H7FO2S.C6H6F5NS.H2/c14-8-4-5-12-11(6-8)13(21)20(22-12)9-2-1-3-10(7-9)23(15,16,17,18)19;14-8-4-5-12(22)11(6-8)13(21)20-9-2-1-3-10(7-9)23(15,16,17,18)19;1-11-8(10)6-4-5(9)2-3-7(6)12;7-13(8,9,10,11)6-3-1-2-5(12)4-6;/h1-7H;1-7,22H,(H,20,21);2-4,12H,1H3;1-4H,12H2;1H. The highest BCUT2D eigenvalue weighted by atomic mass is 32.5. The molecule has 0 bridgehead atoms. The Hall–Kier alpha value is -5.76. The number of halogens is 18. The van der Waals surface area contributed by atoms with Gasteiger partial charge in [0.2, 0.25) is 0 Å². The number of esters is 1. The van der Waals surface area contributed by atoms with Gasteiger partial charge in [-0.2, -0.15) is 0 Å². The smallest absolute Gasteiger partial charge is 0.339 e. The molecule has 71 heavy (non-hydrogen) atoms. The lowest BCUT2D eigenvalue weighted by Crippen LogP contribution is -2.14. The fraction of sp³-hybridized carbons (Fsp3) is 0.0250. The number of carbonyl (C=O) groups is 2. The van der Waals surface area contributed by atoms with E-state index in [2.05, 4.69) is 30.0 Å². The fourth-order valence-electron chi connectivity index (χ4n) is 5.26. The van der Waals surface area contributed by atoms with Gasteiger partial charge in [-0.25, -0.2) is 21.9 Å². The minimum atomic E-state index is -9.85. The molecule has 0 aliphatic heterocycles. The van der Waals surface area contributed by atoms with Gasteiger partial charge in [0.15, 0.2) is 0 Å². The third-order valence-corrected chi connectivity index (χ3v) is 13.8. The Morgan fingerprint density at radius 3 is 1.51 bits per heavy atom. The molecule has 392 valence electrons. The maximum Gasteiger partial charge on any atom is 0.339 e. The predicted molar refractivity (Wildman–Crippen MR) is 248 cm³/mol. The monoisotopic (exact) mass is 1150 g/mol. The van der Waals surface area contributed by atoms with Crippen molar-refractivity contribution in [2.45, 2.75) is 24.5 Å². The molecule has 0 aliphatic carbocycles. The number of nitrogens with two attached hydrogens (primary N) is 1. The van der Waals surface area contributed by atoms with Crippen LogP contribution in [-0.2, 0) is 4.74 Å². The van der Waals surface area contributed by atoms with Gasteiger partial charge < -0.3 is 15.8 Å². The Morgan fingerprint density at radius 1 is 0.577 bits per heavy atom. The van der Waals surface area contributed by atoms with Crippen molar-refractivity contribution in [3.8, 4) is 5.69 Å². The molecule has 1 aromatic heterocycles. The molecule has 0 saturated heterocycles. The summed E-state index contributed by atoms with van der Waals surface area (Å²) in [6.45, 7) is 0. The largest absolute Gasteiger partial charge is 0.465 e. The number of nitrogens with zero attached hydrogens (tertiary/aromatic N) is 1. The quantitative estimate of drug-likeness (QED) is 0.0551. The van der Waals surface area contributed by atoms with E-state index in [1.165, 1.54) is 31.4 Å². The summed E-state index contributed by atoms with van der Waals surface area (Å²) in [7, 11) is -28.0. The molecule has 3 N–H and O–H groups in total. The van der Waals surface area contributed by atoms with E-state index in [9.17, 15) is 85.8 Å². The van der Waals surface area contributed by atoms with E-state index in [1.54, 1.807) is 0 Å². The highest BCUT2D eigenvalue weighted by Gasteiger charge is 2.67. The number of rotatable bonds is 7. The highest BCUT2D eigenvalue weighted by Crippen LogP contribution is 3.03. The van der Waals surface area contributed by atoms with E-state index >= 15 is 0 Å². The lowest BCUT2D eigenvalue weighted by atomic mass is 10.2. The van der Waals surface area contributed by atoms with Gasteiger partial charge >= 0.3 is 36.6 Å². The summed E-state index contributed by atoms with van der Waals surface area (Å²) < 4.78 is 233. The number of hydrogen-bond donors (Lipinski definition) is 4. The van der Waals surface area contributed by atoms with Crippen molar-refractivity contribution in [1.82, 2.24) is 3.96 Å². The Labute approximate surface area is 404 Å². The fourth-order valence-corrected chi connectivity index (χ4v) is 8.76. The third kappa shape index (κ3) is 16.4. The van der Waals surface area contributed by atoms with Gasteiger partial charge in [0, 0.05) is 22.6 Å². The molecular formula is C40H31F18N3O4S6. The van der Waals surface area contributed by atoms with Crippen LogP contribution in [0, 0.1) is 17.5 Å². The lowest BCUT2D eigenvalue weighted by Gasteiger charge is -2.40. The number of carbonyl (C=O) groups excluding carboxylic acids is 2. The van der Waals surface area contributed by atoms with Crippen LogP contribution in [0.2, 0.25) is 0 Å². The van der Waals surface area contributed by atoms with E-state index in [1.807, 2.05) is 5.32 Å². The van der Waals surface area contributed by atoms with Crippen molar-refractivity contribution in [2.75, 3.05) is 18.2 Å². The molecular weight excluding hydrogens is 1120 g/mol. The van der Waals surface area contributed by atoms with Crippen LogP contribution in [0.5, 0.6) is 0 Å². The number of ether oxygens (including phenoxy) is 1. The second kappa shape index (κ2) is 17.8. The zero-order chi connectivity index (χ0) is 54.2. The minimum absolute atomic E-state index is 0. The van der Waals surface area contributed by atoms with E-state index in [4.69, 9.17) is 5.73 Å².